The van der Waals surface area contributed by atoms with E-state index >= 15 is 0 Å². The van der Waals surface area contributed by atoms with Gasteiger partial charge in [0.1, 0.15) is 29.5 Å². The highest BCUT2D eigenvalue weighted by Crippen LogP contribution is 2.40. The van der Waals surface area contributed by atoms with Crippen LogP contribution < -0.4 is 9.47 Å². The van der Waals surface area contributed by atoms with Gasteiger partial charge in [0, 0.05) is 33.2 Å². The molecule has 1 N–H and O–H groups in total. The first-order valence-corrected chi connectivity index (χ1v) is 9.18. The lowest BCUT2D eigenvalue weighted by molar-refractivity contribution is -0.138. The number of carboxylic acid groups (broad SMARTS) is 1. The maximum Gasteiger partial charge on any atom is 0.310 e. The van der Waals surface area contributed by atoms with Crippen LogP contribution in [0.15, 0.2) is 24.3 Å². The van der Waals surface area contributed by atoms with Gasteiger partial charge in [0.25, 0.3) is 0 Å². The summed E-state index contributed by atoms with van der Waals surface area (Å²) in [4.78, 5) is 11.2. The molecule has 0 saturated carbocycles. The van der Waals surface area contributed by atoms with Gasteiger partial charge in [0.2, 0.25) is 0 Å². The lowest BCUT2D eigenvalue weighted by Gasteiger charge is -2.18. The number of halogens is 3. The minimum atomic E-state index is -1.03. The molecular formula is C20H19Cl2FO4. The predicted octanol–water partition coefficient (Wildman–Crippen LogP) is 5.61. The first-order chi connectivity index (χ1) is 12.6. The molecule has 0 aromatic heterocycles. The van der Waals surface area contributed by atoms with Crippen molar-refractivity contribution in [3.05, 3.63) is 56.8 Å². The van der Waals surface area contributed by atoms with Crippen LogP contribution in [-0.2, 0) is 17.8 Å². The van der Waals surface area contributed by atoms with Crippen LogP contribution in [0, 0.1) is 5.82 Å². The molecule has 0 radical (unpaired) electrons. The zero-order chi connectivity index (χ0) is 19.9. The highest BCUT2D eigenvalue weighted by atomic mass is 35.5. The average Bonchev–Trinajstić information content (AvgIpc) is 2.85. The summed E-state index contributed by atoms with van der Waals surface area (Å²) in [7, 11) is 0. The summed E-state index contributed by atoms with van der Waals surface area (Å²) < 4.78 is 25.6. The molecule has 7 heteroatoms. The summed E-state index contributed by atoms with van der Waals surface area (Å²) in [6.45, 7) is 5.45. The molecule has 0 bridgehead atoms. The van der Waals surface area contributed by atoms with Gasteiger partial charge in [-0.15, -0.1) is 0 Å². The monoisotopic (exact) mass is 412 g/mol. The van der Waals surface area contributed by atoms with E-state index in [2.05, 4.69) is 0 Å². The molecular weight excluding hydrogens is 394 g/mol. The Morgan fingerprint density at radius 2 is 1.93 bits per heavy atom. The molecule has 0 amide bonds. The van der Waals surface area contributed by atoms with Crippen molar-refractivity contribution in [1.82, 2.24) is 0 Å². The Hall–Kier alpha value is -1.98. The van der Waals surface area contributed by atoms with Crippen molar-refractivity contribution in [1.29, 1.82) is 0 Å². The standard InChI is InChI=1S/C20H19Cl2FO4/c1-10(19(24)25)17-15(21)6-14(7-16(17)22)26-9-12-5-13(23)4-11-8-20(2,3)27-18(11)12/h4-7,10H,8-9H2,1-3H3,(H,24,25). The Morgan fingerprint density at radius 1 is 1.30 bits per heavy atom. The van der Waals surface area contributed by atoms with Crippen molar-refractivity contribution in [2.75, 3.05) is 0 Å². The second-order valence-electron chi connectivity index (χ2n) is 7.24. The fourth-order valence-electron chi connectivity index (χ4n) is 3.20. The quantitative estimate of drug-likeness (QED) is 0.692. The summed E-state index contributed by atoms with van der Waals surface area (Å²) in [6.07, 6.45) is 0.618. The fraction of sp³-hybridized carbons (Fsp3) is 0.350. The maximum atomic E-state index is 13.9. The number of ether oxygens (including phenoxy) is 2. The van der Waals surface area contributed by atoms with Crippen LogP contribution in [0.5, 0.6) is 11.5 Å². The molecule has 1 heterocycles. The predicted molar refractivity (Wildman–Crippen MR) is 102 cm³/mol. The van der Waals surface area contributed by atoms with Crippen LogP contribution >= 0.6 is 23.2 Å². The second kappa shape index (κ2) is 7.21. The molecule has 27 heavy (non-hydrogen) atoms. The van der Waals surface area contributed by atoms with Crippen LogP contribution in [0.25, 0.3) is 0 Å². The highest BCUT2D eigenvalue weighted by Gasteiger charge is 2.32. The first kappa shape index (κ1) is 19.8. The van der Waals surface area contributed by atoms with Crippen LogP contribution in [0.2, 0.25) is 10.0 Å². The van der Waals surface area contributed by atoms with E-state index in [9.17, 15) is 9.18 Å². The molecule has 0 saturated heterocycles. The summed E-state index contributed by atoms with van der Waals surface area (Å²) in [6, 6.07) is 5.87. The summed E-state index contributed by atoms with van der Waals surface area (Å²) in [5.74, 6) is -1.23. The lowest BCUT2D eigenvalue weighted by Crippen LogP contribution is -2.25. The van der Waals surface area contributed by atoms with Crippen LogP contribution in [-0.4, -0.2) is 16.7 Å². The van der Waals surface area contributed by atoms with Crippen molar-refractivity contribution >= 4 is 29.2 Å². The molecule has 3 rings (SSSR count). The molecule has 1 aliphatic heterocycles. The van der Waals surface area contributed by atoms with Gasteiger partial charge in [-0.2, -0.15) is 0 Å². The van der Waals surface area contributed by atoms with Gasteiger partial charge < -0.3 is 14.6 Å². The summed E-state index contributed by atoms with van der Waals surface area (Å²) in [5, 5.41) is 9.57. The minimum absolute atomic E-state index is 0.0661. The smallest absolute Gasteiger partial charge is 0.310 e. The van der Waals surface area contributed by atoms with Crippen molar-refractivity contribution in [3.63, 3.8) is 0 Å². The number of carbonyl (C=O) groups is 1. The van der Waals surface area contributed by atoms with Crippen LogP contribution in [0.1, 0.15) is 43.4 Å². The van der Waals surface area contributed by atoms with E-state index < -0.39 is 17.5 Å². The maximum absolute atomic E-state index is 13.9. The normalized spacial score (nSPS) is 15.8. The lowest BCUT2D eigenvalue weighted by atomic mass is 10.0. The number of hydrogen-bond donors (Lipinski definition) is 1. The van der Waals surface area contributed by atoms with Gasteiger partial charge in [0.15, 0.2) is 0 Å². The van der Waals surface area contributed by atoms with E-state index in [4.69, 9.17) is 37.8 Å². The van der Waals surface area contributed by atoms with Gasteiger partial charge in [-0.3, -0.25) is 4.79 Å². The van der Waals surface area contributed by atoms with E-state index in [1.807, 2.05) is 13.8 Å². The number of fused-ring (bicyclic) bond motifs is 1. The molecule has 0 fully saturated rings. The zero-order valence-corrected chi connectivity index (χ0v) is 16.6. The van der Waals surface area contributed by atoms with Crippen molar-refractivity contribution in [2.24, 2.45) is 0 Å². The third kappa shape index (κ3) is 4.14. The fourth-order valence-corrected chi connectivity index (χ4v) is 3.99. The topological polar surface area (TPSA) is 55.8 Å². The van der Waals surface area contributed by atoms with Gasteiger partial charge in [-0.1, -0.05) is 23.2 Å². The Kier molecular flexibility index (Phi) is 5.28. The number of benzene rings is 2. The molecule has 4 nitrogen and oxygen atoms in total. The molecule has 1 aliphatic rings. The van der Waals surface area contributed by atoms with Crippen LogP contribution in [0.3, 0.4) is 0 Å². The third-order valence-electron chi connectivity index (χ3n) is 4.45. The van der Waals surface area contributed by atoms with E-state index in [-0.39, 0.29) is 22.5 Å². The van der Waals surface area contributed by atoms with Crippen molar-refractivity contribution in [3.8, 4) is 11.5 Å². The van der Waals surface area contributed by atoms with Gasteiger partial charge >= 0.3 is 5.97 Å². The number of rotatable bonds is 5. The van der Waals surface area contributed by atoms with Crippen molar-refractivity contribution in [2.45, 2.75) is 45.3 Å². The Bertz CT molecular complexity index is 888. The highest BCUT2D eigenvalue weighted by molar-refractivity contribution is 6.36. The van der Waals surface area contributed by atoms with Crippen LogP contribution in [0.4, 0.5) is 4.39 Å². The average molecular weight is 413 g/mol. The largest absolute Gasteiger partial charge is 0.489 e. The molecule has 1 atom stereocenters. The Morgan fingerprint density at radius 3 is 2.52 bits per heavy atom. The van der Waals surface area contributed by atoms with E-state index in [0.717, 1.165) is 5.56 Å². The molecule has 144 valence electrons. The second-order valence-corrected chi connectivity index (χ2v) is 8.06. The molecule has 0 spiro atoms. The van der Waals surface area contributed by atoms with Crippen molar-refractivity contribution < 1.29 is 23.8 Å². The van der Waals surface area contributed by atoms with E-state index in [0.29, 0.717) is 29.0 Å². The molecule has 2 aromatic carbocycles. The Labute approximate surface area is 166 Å². The number of carboxylic acids is 1. The third-order valence-corrected chi connectivity index (χ3v) is 5.08. The van der Waals surface area contributed by atoms with E-state index in [1.54, 1.807) is 0 Å². The van der Waals surface area contributed by atoms with Gasteiger partial charge in [0.05, 0.1) is 5.92 Å². The molecule has 1 unspecified atom stereocenters. The number of aliphatic carboxylic acids is 1. The number of hydrogen-bond acceptors (Lipinski definition) is 3. The summed E-state index contributed by atoms with van der Waals surface area (Å²) >= 11 is 12.4. The molecule has 0 aliphatic carbocycles. The first-order valence-electron chi connectivity index (χ1n) is 8.42. The SMILES string of the molecule is CC(C(=O)O)c1c(Cl)cc(OCc2cc(F)cc3c2OC(C)(C)C3)cc1Cl. The van der Waals surface area contributed by atoms with Gasteiger partial charge in [-0.25, -0.2) is 4.39 Å². The van der Waals surface area contributed by atoms with Gasteiger partial charge in [-0.05, 0) is 45.0 Å². The Balaban J connectivity index is 1.84. The molecule has 2 aromatic rings. The summed E-state index contributed by atoms with van der Waals surface area (Å²) in [5.41, 5.74) is 1.33. The zero-order valence-electron chi connectivity index (χ0n) is 15.1. The van der Waals surface area contributed by atoms with E-state index in [1.165, 1.54) is 31.2 Å². The minimum Gasteiger partial charge on any atom is -0.489 e.